The van der Waals surface area contributed by atoms with E-state index < -0.39 is 58.0 Å². The molecule has 0 aliphatic rings. The number of nitro benzene ring substituents is 1. The fourth-order valence-electron chi connectivity index (χ4n) is 2.07. The summed E-state index contributed by atoms with van der Waals surface area (Å²) in [5.74, 6) is -2.29. The Bertz CT molecular complexity index is 1170. The molecule has 0 saturated carbocycles. The molecule has 0 bridgehead atoms. The van der Waals surface area contributed by atoms with Crippen molar-refractivity contribution in [2.24, 2.45) is 0 Å². The van der Waals surface area contributed by atoms with Gasteiger partial charge in [-0.1, -0.05) is 31.0 Å². The standard InChI is InChI=1S/C14H10ClF5N2O6S2/c1-29(26,27)21-14(23)10-6-8(2-4-12(10)22(24)25)28-13-5-3-9(7-11(13)15)30(16,17,18,19)20/h2-7H,1H3,(H,21,23). The van der Waals surface area contributed by atoms with Crippen LogP contribution in [0.1, 0.15) is 10.4 Å². The fourth-order valence-corrected chi connectivity index (χ4v) is 3.47. The number of nitrogens with zero attached hydrogens (tertiary/aromatic N) is 1. The number of carbonyl (C=O) groups is 1. The Morgan fingerprint density at radius 3 is 2.20 bits per heavy atom. The van der Waals surface area contributed by atoms with Gasteiger partial charge >= 0.3 is 10.2 Å². The number of hydrogen-bond donors (Lipinski definition) is 1. The van der Waals surface area contributed by atoms with Gasteiger partial charge in [-0.2, -0.15) is 0 Å². The van der Waals surface area contributed by atoms with E-state index in [9.17, 15) is 42.8 Å². The molecular weight excluding hydrogens is 487 g/mol. The first-order valence-electron chi connectivity index (χ1n) is 7.29. The van der Waals surface area contributed by atoms with Crippen molar-refractivity contribution in [1.82, 2.24) is 4.72 Å². The number of rotatable bonds is 6. The first-order chi connectivity index (χ1) is 13.3. The highest BCUT2D eigenvalue weighted by molar-refractivity contribution is 8.45. The molecule has 0 fully saturated rings. The van der Waals surface area contributed by atoms with E-state index in [4.69, 9.17) is 16.3 Å². The average Bonchev–Trinajstić information content (AvgIpc) is 2.52. The van der Waals surface area contributed by atoms with Crippen molar-refractivity contribution in [2.75, 3.05) is 6.26 Å². The monoisotopic (exact) mass is 496 g/mol. The van der Waals surface area contributed by atoms with Gasteiger partial charge in [0.25, 0.3) is 11.6 Å². The van der Waals surface area contributed by atoms with Crippen LogP contribution in [0, 0.1) is 10.1 Å². The lowest BCUT2D eigenvalue weighted by Gasteiger charge is -2.40. The van der Waals surface area contributed by atoms with Crippen molar-refractivity contribution in [3.05, 3.63) is 57.1 Å². The molecule has 2 rings (SSSR count). The van der Waals surface area contributed by atoms with Crippen LogP contribution in [0.25, 0.3) is 0 Å². The Morgan fingerprint density at radius 2 is 1.73 bits per heavy atom. The number of halogens is 6. The first kappa shape index (κ1) is 23.6. The SMILES string of the molecule is CS(=O)(=O)NC(=O)c1cc(Oc2ccc(S(F)(F)(F)(F)F)cc2Cl)ccc1[N+](=O)[O-]. The van der Waals surface area contributed by atoms with Crippen LogP contribution in [0.15, 0.2) is 41.3 Å². The molecule has 0 saturated heterocycles. The van der Waals surface area contributed by atoms with Crippen LogP contribution in [0.2, 0.25) is 5.02 Å². The largest absolute Gasteiger partial charge is 0.456 e. The number of benzene rings is 2. The van der Waals surface area contributed by atoms with Gasteiger partial charge in [0, 0.05) is 12.1 Å². The Hall–Kier alpha value is -2.65. The zero-order valence-corrected chi connectivity index (χ0v) is 16.8. The summed E-state index contributed by atoms with van der Waals surface area (Å²) < 4.78 is 93.1. The second kappa shape index (κ2) is 6.68. The Balaban J connectivity index is 2.46. The lowest BCUT2D eigenvalue weighted by molar-refractivity contribution is -0.385. The quantitative estimate of drug-likeness (QED) is 0.326. The van der Waals surface area contributed by atoms with Gasteiger partial charge in [-0.15, -0.1) is 0 Å². The predicted octanol–water partition coefficient (Wildman–Crippen LogP) is 5.39. The molecule has 166 valence electrons. The summed E-state index contributed by atoms with van der Waals surface area (Å²) in [4.78, 5) is 19.8. The molecule has 8 nitrogen and oxygen atoms in total. The van der Waals surface area contributed by atoms with E-state index in [0.717, 1.165) is 18.2 Å². The van der Waals surface area contributed by atoms with Gasteiger partial charge in [0.1, 0.15) is 22.0 Å². The summed E-state index contributed by atoms with van der Waals surface area (Å²) in [6, 6.07) is 2.90. The normalized spacial score (nSPS) is 14.4. The molecule has 0 aliphatic carbocycles. The molecule has 2 aromatic carbocycles. The molecule has 0 atom stereocenters. The molecular formula is C14H10ClF5N2O6S2. The second-order valence-electron chi connectivity index (χ2n) is 5.80. The minimum absolute atomic E-state index is 0.0332. The first-order valence-corrected chi connectivity index (χ1v) is 11.5. The van der Waals surface area contributed by atoms with Crippen LogP contribution >= 0.6 is 21.8 Å². The molecule has 0 unspecified atom stereocenters. The number of sulfonamides is 1. The van der Waals surface area contributed by atoms with Crippen molar-refractivity contribution in [1.29, 1.82) is 0 Å². The van der Waals surface area contributed by atoms with E-state index in [2.05, 4.69) is 0 Å². The molecule has 16 heteroatoms. The van der Waals surface area contributed by atoms with Gasteiger partial charge < -0.3 is 4.74 Å². The third kappa shape index (κ3) is 5.93. The zero-order chi connectivity index (χ0) is 23.2. The summed E-state index contributed by atoms with van der Waals surface area (Å²) in [6.45, 7) is 0. The minimum Gasteiger partial charge on any atom is -0.456 e. The highest BCUT2D eigenvalue weighted by Gasteiger charge is 2.65. The van der Waals surface area contributed by atoms with Crippen LogP contribution in [0.3, 0.4) is 0 Å². The summed E-state index contributed by atoms with van der Waals surface area (Å²) in [7, 11) is -14.1. The van der Waals surface area contributed by atoms with E-state index in [0.29, 0.717) is 12.3 Å². The van der Waals surface area contributed by atoms with E-state index >= 15 is 0 Å². The maximum Gasteiger partial charge on any atom is 0.310 e. The average molecular weight is 497 g/mol. The van der Waals surface area contributed by atoms with Crippen molar-refractivity contribution < 1.29 is 42.3 Å². The van der Waals surface area contributed by atoms with Gasteiger partial charge in [-0.25, -0.2) is 13.1 Å². The van der Waals surface area contributed by atoms with E-state index in [1.54, 1.807) is 0 Å². The van der Waals surface area contributed by atoms with Crippen LogP contribution in [-0.2, 0) is 10.0 Å². The third-order valence-electron chi connectivity index (χ3n) is 3.26. The molecule has 1 N–H and O–H groups in total. The summed E-state index contributed by atoms with van der Waals surface area (Å²) in [5.41, 5.74) is -1.55. The molecule has 1 amide bonds. The van der Waals surface area contributed by atoms with Gasteiger partial charge in [0.15, 0.2) is 0 Å². The Kier molecular flexibility index (Phi) is 5.26. The summed E-state index contributed by atoms with van der Waals surface area (Å²) >= 11 is 5.57. The van der Waals surface area contributed by atoms with Gasteiger partial charge in [-0.05, 0) is 24.3 Å². The van der Waals surface area contributed by atoms with Crippen LogP contribution < -0.4 is 9.46 Å². The maximum absolute atomic E-state index is 12.8. The molecule has 2 aromatic rings. The van der Waals surface area contributed by atoms with Gasteiger partial charge in [0.2, 0.25) is 10.0 Å². The third-order valence-corrected chi connectivity index (χ3v) is 5.26. The number of hydrogen-bond acceptors (Lipinski definition) is 6. The molecule has 30 heavy (non-hydrogen) atoms. The number of nitrogens with one attached hydrogen (secondary N) is 1. The van der Waals surface area contributed by atoms with Crippen molar-refractivity contribution in [3.63, 3.8) is 0 Å². The summed E-state index contributed by atoms with van der Waals surface area (Å²) in [5, 5.41) is 10.2. The van der Waals surface area contributed by atoms with E-state index in [1.165, 1.54) is 4.72 Å². The smallest absolute Gasteiger partial charge is 0.310 e. The number of amides is 1. The number of ether oxygens (including phenoxy) is 1. The van der Waals surface area contributed by atoms with Gasteiger partial charge in [-0.3, -0.25) is 14.9 Å². The zero-order valence-electron chi connectivity index (χ0n) is 14.4. The van der Waals surface area contributed by atoms with Crippen molar-refractivity contribution in [2.45, 2.75) is 4.90 Å². The van der Waals surface area contributed by atoms with Crippen LogP contribution in [0.4, 0.5) is 25.1 Å². The van der Waals surface area contributed by atoms with Crippen LogP contribution in [0.5, 0.6) is 11.5 Å². The molecule has 0 spiro atoms. The summed E-state index contributed by atoms with van der Waals surface area (Å²) in [6.07, 6.45) is 0.622. The van der Waals surface area contributed by atoms with Crippen molar-refractivity contribution in [3.8, 4) is 11.5 Å². The minimum atomic E-state index is -9.98. The van der Waals surface area contributed by atoms with E-state index in [-0.39, 0.29) is 17.9 Å². The second-order valence-corrected chi connectivity index (χ2v) is 10.4. The number of carbonyl (C=O) groups excluding carboxylic acids is 1. The number of nitro groups is 1. The topological polar surface area (TPSA) is 116 Å². The lowest BCUT2D eigenvalue weighted by Crippen LogP contribution is -2.29. The van der Waals surface area contributed by atoms with Crippen molar-refractivity contribution >= 4 is 43.4 Å². The lowest BCUT2D eigenvalue weighted by atomic mass is 10.1. The van der Waals surface area contributed by atoms with E-state index in [1.807, 2.05) is 0 Å². The van der Waals surface area contributed by atoms with Crippen LogP contribution in [-0.4, -0.2) is 25.5 Å². The molecule has 0 aromatic heterocycles. The highest BCUT2D eigenvalue weighted by Crippen LogP contribution is 3.02. The Morgan fingerprint density at radius 1 is 1.13 bits per heavy atom. The predicted molar refractivity (Wildman–Crippen MR) is 98.3 cm³/mol. The van der Waals surface area contributed by atoms with Gasteiger partial charge in [0.05, 0.1) is 16.2 Å². The fraction of sp³-hybridized carbons (Fsp3) is 0.0714. The molecule has 0 heterocycles. The highest BCUT2D eigenvalue weighted by atomic mass is 35.5. The maximum atomic E-state index is 12.8. The Labute approximate surface area is 170 Å². The molecule has 0 radical (unpaired) electrons. The molecule has 0 aliphatic heterocycles.